The monoisotopic (exact) mass is 643 g/mol. The number of hydrogen-bond acceptors (Lipinski definition) is 6. The molecule has 4 aromatic rings. The zero-order chi connectivity index (χ0) is 31.5. The Labute approximate surface area is 273 Å². The van der Waals surface area contributed by atoms with Crippen molar-refractivity contribution < 1.29 is 14.8 Å². The number of phenols is 1. The minimum atomic E-state index is -0.409. The molecule has 6 rings (SSSR count). The van der Waals surface area contributed by atoms with Crippen LogP contribution in [0, 0.1) is 16.0 Å². The van der Waals surface area contributed by atoms with Gasteiger partial charge in [0.1, 0.15) is 5.75 Å². The van der Waals surface area contributed by atoms with E-state index in [1.54, 1.807) is 30.3 Å². The van der Waals surface area contributed by atoms with Crippen molar-refractivity contribution in [3.63, 3.8) is 0 Å². The van der Waals surface area contributed by atoms with Crippen LogP contribution in [0.15, 0.2) is 84.9 Å². The number of carbonyl (C=O) groups is 1. The summed E-state index contributed by atoms with van der Waals surface area (Å²) in [4.78, 5) is 29.0. The molecule has 1 heterocycles. The highest BCUT2D eigenvalue weighted by molar-refractivity contribution is 6.43. The average molecular weight is 645 g/mol. The van der Waals surface area contributed by atoms with Gasteiger partial charge in [0.25, 0.3) is 5.69 Å². The highest BCUT2D eigenvalue weighted by Crippen LogP contribution is 2.40. The van der Waals surface area contributed by atoms with E-state index in [4.69, 9.17) is 23.2 Å². The summed E-state index contributed by atoms with van der Waals surface area (Å²) in [5, 5.41) is 23.8. The number of nitro benzene ring substituents is 1. The fraction of sp³-hybridized carbons (Fsp3) is 0.306. The maximum atomic E-state index is 13.4. The molecule has 1 saturated heterocycles. The van der Waals surface area contributed by atoms with Crippen LogP contribution >= 0.6 is 23.2 Å². The van der Waals surface area contributed by atoms with Crippen molar-refractivity contribution in [2.45, 2.75) is 38.1 Å². The molecule has 0 amide bonds. The standard InChI is InChI=1S/C36H35Cl2N3O4/c37-31-12-5-13-32(35(31)38)39-16-18-40(19-17-39)36(28-10-3-9-27(21-28)34(43)20-24-6-1-2-7-24)30-23-26(14-15-33(30)42)25-8-4-11-29(22-25)41(44)45/h3-5,8-15,21-24,36,42H,1-2,6-7,16-20H2. The lowest BCUT2D eigenvalue weighted by molar-refractivity contribution is -0.384. The number of Topliss-reactive ketones (excluding diaryl/α,β-unsaturated/α-hetero) is 1. The molecule has 0 aromatic heterocycles. The molecule has 9 heteroatoms. The molecule has 0 bridgehead atoms. The molecule has 1 unspecified atom stereocenters. The molecule has 0 radical (unpaired) electrons. The van der Waals surface area contributed by atoms with Gasteiger partial charge in [-0.3, -0.25) is 19.8 Å². The molecule has 1 N–H and O–H groups in total. The fourth-order valence-corrected chi connectivity index (χ4v) is 7.19. The third-order valence-corrected chi connectivity index (χ3v) is 9.95. The van der Waals surface area contributed by atoms with Crippen LogP contribution in [0.2, 0.25) is 10.0 Å². The van der Waals surface area contributed by atoms with Crippen LogP contribution in [0.1, 0.15) is 59.6 Å². The molecule has 1 saturated carbocycles. The summed E-state index contributed by atoms with van der Waals surface area (Å²) >= 11 is 12.9. The van der Waals surface area contributed by atoms with Gasteiger partial charge in [-0.05, 0) is 52.9 Å². The topological polar surface area (TPSA) is 86.9 Å². The molecule has 1 aliphatic heterocycles. The van der Waals surface area contributed by atoms with Gasteiger partial charge in [-0.15, -0.1) is 0 Å². The number of hydrogen-bond donors (Lipinski definition) is 1. The van der Waals surface area contributed by atoms with Gasteiger partial charge in [0.15, 0.2) is 5.78 Å². The van der Waals surface area contributed by atoms with E-state index in [0.29, 0.717) is 65.3 Å². The van der Waals surface area contributed by atoms with Crippen molar-refractivity contribution in [1.82, 2.24) is 4.90 Å². The third-order valence-electron chi connectivity index (χ3n) is 9.14. The maximum Gasteiger partial charge on any atom is 0.270 e. The van der Waals surface area contributed by atoms with E-state index in [1.807, 2.05) is 48.5 Å². The van der Waals surface area contributed by atoms with Gasteiger partial charge in [0.2, 0.25) is 0 Å². The summed E-state index contributed by atoms with van der Waals surface area (Å²) in [6.45, 7) is 2.69. The first-order valence-corrected chi connectivity index (χ1v) is 16.2. The van der Waals surface area contributed by atoms with Crippen molar-refractivity contribution in [2.24, 2.45) is 5.92 Å². The van der Waals surface area contributed by atoms with Gasteiger partial charge in [-0.1, -0.05) is 91.3 Å². The summed E-state index contributed by atoms with van der Waals surface area (Å²) in [6, 6.07) is 24.9. The van der Waals surface area contributed by atoms with E-state index in [-0.39, 0.29) is 23.3 Å². The Morgan fingerprint density at radius 2 is 1.60 bits per heavy atom. The summed E-state index contributed by atoms with van der Waals surface area (Å²) in [5.41, 5.74) is 4.60. The lowest BCUT2D eigenvalue weighted by Gasteiger charge is -2.41. The largest absolute Gasteiger partial charge is 0.508 e. The molecule has 4 aromatic carbocycles. The number of carbonyl (C=O) groups excluding carboxylic acids is 1. The minimum absolute atomic E-state index is 0.00273. The molecular formula is C36H35Cl2N3O4. The Kier molecular flexibility index (Phi) is 9.40. The van der Waals surface area contributed by atoms with Crippen LogP contribution < -0.4 is 4.90 Å². The molecule has 0 spiro atoms. The molecular weight excluding hydrogens is 609 g/mol. The number of piperazine rings is 1. The van der Waals surface area contributed by atoms with Crippen LogP contribution in [0.4, 0.5) is 11.4 Å². The van der Waals surface area contributed by atoms with Gasteiger partial charge >= 0.3 is 0 Å². The number of nitro groups is 1. The zero-order valence-corrected chi connectivity index (χ0v) is 26.4. The number of anilines is 1. The van der Waals surface area contributed by atoms with Gasteiger partial charge in [-0.2, -0.15) is 0 Å². The Balaban J connectivity index is 1.36. The fourth-order valence-electron chi connectivity index (χ4n) is 6.77. The summed E-state index contributed by atoms with van der Waals surface area (Å²) < 4.78 is 0. The van der Waals surface area contributed by atoms with E-state index in [2.05, 4.69) is 9.80 Å². The summed E-state index contributed by atoms with van der Waals surface area (Å²) in [7, 11) is 0. The summed E-state index contributed by atoms with van der Waals surface area (Å²) in [5.74, 6) is 0.716. The highest BCUT2D eigenvalue weighted by atomic mass is 35.5. The Hall–Kier alpha value is -3.91. The Morgan fingerprint density at radius 3 is 2.36 bits per heavy atom. The highest BCUT2D eigenvalue weighted by Gasteiger charge is 2.30. The van der Waals surface area contributed by atoms with E-state index in [1.165, 1.54) is 18.9 Å². The van der Waals surface area contributed by atoms with Crippen molar-refractivity contribution >= 4 is 40.4 Å². The van der Waals surface area contributed by atoms with E-state index >= 15 is 0 Å². The second kappa shape index (κ2) is 13.6. The predicted octanol–water partition coefficient (Wildman–Crippen LogP) is 8.95. The van der Waals surface area contributed by atoms with Crippen LogP contribution in [-0.2, 0) is 0 Å². The predicted molar refractivity (Wildman–Crippen MR) is 180 cm³/mol. The number of benzene rings is 4. The molecule has 232 valence electrons. The van der Waals surface area contributed by atoms with Gasteiger partial charge in [0, 0.05) is 55.9 Å². The quantitative estimate of drug-likeness (QED) is 0.111. The second-order valence-electron chi connectivity index (χ2n) is 12.0. The van der Waals surface area contributed by atoms with Crippen LogP contribution in [-0.4, -0.2) is 46.9 Å². The van der Waals surface area contributed by atoms with Crippen molar-refractivity contribution in [2.75, 3.05) is 31.1 Å². The van der Waals surface area contributed by atoms with Crippen LogP contribution in [0.25, 0.3) is 11.1 Å². The average Bonchev–Trinajstić information content (AvgIpc) is 3.57. The lowest BCUT2D eigenvalue weighted by atomic mass is 9.90. The number of aromatic hydroxyl groups is 1. The SMILES string of the molecule is O=C(CC1CCCC1)c1cccc(C(c2cc(-c3cccc([N+](=O)[O-])c3)ccc2O)N2CCN(c3cccc(Cl)c3Cl)CC2)c1. The van der Waals surface area contributed by atoms with Crippen LogP contribution in [0.5, 0.6) is 5.75 Å². The van der Waals surface area contributed by atoms with E-state index < -0.39 is 4.92 Å². The summed E-state index contributed by atoms with van der Waals surface area (Å²) in [6.07, 6.45) is 5.14. The maximum absolute atomic E-state index is 13.4. The van der Waals surface area contributed by atoms with Crippen molar-refractivity contribution in [3.05, 3.63) is 122 Å². The molecule has 1 aliphatic carbocycles. The normalized spacial score (nSPS) is 16.5. The Bertz CT molecular complexity index is 1710. The third kappa shape index (κ3) is 6.86. The van der Waals surface area contributed by atoms with Crippen molar-refractivity contribution in [1.29, 1.82) is 0 Å². The van der Waals surface area contributed by atoms with Gasteiger partial charge in [-0.25, -0.2) is 0 Å². The number of non-ortho nitro benzene ring substituents is 1. The molecule has 7 nitrogen and oxygen atoms in total. The zero-order valence-electron chi connectivity index (χ0n) is 24.9. The van der Waals surface area contributed by atoms with Gasteiger partial charge < -0.3 is 10.0 Å². The smallest absolute Gasteiger partial charge is 0.270 e. The Morgan fingerprint density at radius 1 is 0.889 bits per heavy atom. The number of ketones is 1. The first-order chi connectivity index (χ1) is 21.8. The molecule has 1 atom stereocenters. The van der Waals surface area contributed by atoms with Gasteiger partial charge in [0.05, 0.1) is 26.7 Å². The minimum Gasteiger partial charge on any atom is -0.508 e. The number of rotatable bonds is 9. The lowest BCUT2D eigenvalue weighted by Crippen LogP contribution is -2.48. The molecule has 2 aliphatic rings. The van der Waals surface area contributed by atoms with E-state index in [9.17, 15) is 20.0 Å². The first-order valence-electron chi connectivity index (χ1n) is 15.4. The van der Waals surface area contributed by atoms with Crippen molar-refractivity contribution in [3.8, 4) is 16.9 Å². The first kappa shape index (κ1) is 31.1. The van der Waals surface area contributed by atoms with E-state index in [0.717, 1.165) is 29.7 Å². The number of halogens is 2. The second-order valence-corrected chi connectivity index (χ2v) is 12.8. The van der Waals surface area contributed by atoms with Crippen LogP contribution in [0.3, 0.4) is 0 Å². The molecule has 2 fully saturated rings. The molecule has 45 heavy (non-hydrogen) atoms. The number of nitrogens with zero attached hydrogens (tertiary/aromatic N) is 3. The number of phenolic OH excluding ortho intramolecular Hbond substituents is 1.